The van der Waals surface area contributed by atoms with Gasteiger partial charge in [0.15, 0.2) is 0 Å². The van der Waals surface area contributed by atoms with Crippen LogP contribution in [0.15, 0.2) is 41.3 Å². The predicted molar refractivity (Wildman–Crippen MR) is 103 cm³/mol. The summed E-state index contributed by atoms with van der Waals surface area (Å²) in [6.45, 7) is 5.22. The standard InChI is InChI=1S/C20H24ClN3O/c1-3-5-6-12-23-17(7-4-2)13-19(25)24-14-18(22-20(23)24)15-8-10-16(21)11-9-15/h8-11,13-14H,3-7,12H2,1-2H3. The van der Waals surface area contributed by atoms with E-state index in [1.165, 1.54) is 12.8 Å². The van der Waals surface area contributed by atoms with Crippen LogP contribution in [-0.4, -0.2) is 14.0 Å². The molecule has 2 aromatic heterocycles. The molecule has 0 fully saturated rings. The fourth-order valence-corrected chi connectivity index (χ4v) is 3.25. The first-order chi connectivity index (χ1) is 12.1. The van der Waals surface area contributed by atoms with E-state index in [1.807, 2.05) is 30.5 Å². The van der Waals surface area contributed by atoms with Crippen LogP contribution in [0.3, 0.4) is 0 Å². The van der Waals surface area contributed by atoms with Crippen LogP contribution in [0.25, 0.3) is 17.0 Å². The predicted octanol–water partition coefficient (Wildman–Crippen LogP) is 4.96. The highest BCUT2D eigenvalue weighted by Crippen LogP contribution is 2.21. The first kappa shape index (κ1) is 17.7. The minimum Gasteiger partial charge on any atom is -0.315 e. The summed E-state index contributed by atoms with van der Waals surface area (Å²) in [6.07, 6.45) is 7.16. The van der Waals surface area contributed by atoms with Crippen molar-refractivity contribution in [2.75, 3.05) is 0 Å². The number of nitrogens with zero attached hydrogens (tertiary/aromatic N) is 3. The number of aryl methyl sites for hydroxylation is 2. The molecule has 0 aliphatic rings. The second-order valence-electron chi connectivity index (χ2n) is 6.39. The van der Waals surface area contributed by atoms with Crippen molar-refractivity contribution in [1.29, 1.82) is 0 Å². The maximum atomic E-state index is 12.5. The van der Waals surface area contributed by atoms with Gasteiger partial charge in [0.05, 0.1) is 5.69 Å². The lowest BCUT2D eigenvalue weighted by Gasteiger charge is -2.14. The van der Waals surface area contributed by atoms with Crippen LogP contribution in [0.5, 0.6) is 0 Å². The van der Waals surface area contributed by atoms with E-state index in [9.17, 15) is 4.79 Å². The Morgan fingerprint density at radius 2 is 1.84 bits per heavy atom. The number of benzene rings is 1. The molecular weight excluding hydrogens is 334 g/mol. The smallest absolute Gasteiger partial charge is 0.259 e. The molecule has 0 radical (unpaired) electrons. The van der Waals surface area contributed by atoms with Gasteiger partial charge in [0.1, 0.15) is 0 Å². The number of aromatic nitrogens is 3. The van der Waals surface area contributed by atoms with E-state index >= 15 is 0 Å². The van der Waals surface area contributed by atoms with Crippen LogP contribution in [0.1, 0.15) is 45.2 Å². The molecule has 0 aliphatic carbocycles. The van der Waals surface area contributed by atoms with Crippen molar-refractivity contribution in [2.24, 2.45) is 0 Å². The molecule has 0 saturated heterocycles. The molecule has 0 saturated carbocycles. The molecule has 3 aromatic rings. The third kappa shape index (κ3) is 3.79. The summed E-state index contributed by atoms with van der Waals surface area (Å²) in [5.41, 5.74) is 2.82. The molecule has 5 heteroatoms. The number of imidazole rings is 1. The summed E-state index contributed by atoms with van der Waals surface area (Å²) in [6, 6.07) is 9.31. The van der Waals surface area contributed by atoms with Crippen LogP contribution >= 0.6 is 11.6 Å². The largest absolute Gasteiger partial charge is 0.315 e. The van der Waals surface area contributed by atoms with Gasteiger partial charge in [0, 0.05) is 35.1 Å². The summed E-state index contributed by atoms with van der Waals surface area (Å²) >= 11 is 5.98. The molecule has 1 aromatic carbocycles. The van der Waals surface area contributed by atoms with Crippen molar-refractivity contribution < 1.29 is 0 Å². The maximum Gasteiger partial charge on any atom is 0.259 e. The van der Waals surface area contributed by atoms with Gasteiger partial charge < -0.3 is 4.57 Å². The van der Waals surface area contributed by atoms with Gasteiger partial charge >= 0.3 is 0 Å². The molecule has 0 spiro atoms. The SMILES string of the molecule is CCCCCn1c(CCC)cc(=O)n2cc(-c3ccc(Cl)cc3)nc12. The van der Waals surface area contributed by atoms with Crippen molar-refractivity contribution in [3.63, 3.8) is 0 Å². The minimum atomic E-state index is -0.0158. The Bertz CT molecular complexity index is 909. The zero-order chi connectivity index (χ0) is 17.8. The van der Waals surface area contributed by atoms with Crippen molar-refractivity contribution in [1.82, 2.24) is 14.0 Å². The van der Waals surface area contributed by atoms with Crippen LogP contribution in [0, 0.1) is 0 Å². The second-order valence-corrected chi connectivity index (χ2v) is 6.82. The molecule has 132 valence electrons. The van der Waals surface area contributed by atoms with Gasteiger partial charge in [-0.25, -0.2) is 4.98 Å². The quantitative estimate of drug-likeness (QED) is 0.560. The summed E-state index contributed by atoms with van der Waals surface area (Å²) in [5, 5.41) is 0.692. The molecule has 3 rings (SSSR count). The Labute approximate surface area is 153 Å². The average Bonchev–Trinajstić information content (AvgIpc) is 3.04. The van der Waals surface area contributed by atoms with Gasteiger partial charge in [-0.15, -0.1) is 0 Å². The number of rotatable bonds is 7. The maximum absolute atomic E-state index is 12.5. The number of hydrogen-bond acceptors (Lipinski definition) is 2. The van der Waals surface area contributed by atoms with Gasteiger partial charge in [-0.1, -0.05) is 56.8 Å². The highest BCUT2D eigenvalue weighted by molar-refractivity contribution is 6.30. The first-order valence-electron chi connectivity index (χ1n) is 9.01. The molecule has 4 nitrogen and oxygen atoms in total. The van der Waals surface area contributed by atoms with E-state index in [0.29, 0.717) is 5.02 Å². The second kappa shape index (κ2) is 7.87. The van der Waals surface area contributed by atoms with Crippen molar-refractivity contribution in [3.05, 3.63) is 57.6 Å². The van der Waals surface area contributed by atoms with Crippen molar-refractivity contribution in [3.8, 4) is 11.3 Å². The summed E-state index contributed by atoms with van der Waals surface area (Å²) < 4.78 is 3.87. The zero-order valence-electron chi connectivity index (χ0n) is 14.8. The molecule has 0 aliphatic heterocycles. The average molecular weight is 358 g/mol. The third-order valence-electron chi connectivity index (χ3n) is 4.43. The fourth-order valence-electron chi connectivity index (χ4n) is 3.13. The van der Waals surface area contributed by atoms with Crippen LogP contribution in [-0.2, 0) is 13.0 Å². The Morgan fingerprint density at radius 3 is 2.52 bits per heavy atom. The summed E-state index contributed by atoms with van der Waals surface area (Å²) in [4.78, 5) is 17.3. The Balaban J connectivity index is 2.12. The van der Waals surface area contributed by atoms with Gasteiger partial charge in [-0.2, -0.15) is 0 Å². The Kier molecular flexibility index (Phi) is 5.59. The molecule has 0 bridgehead atoms. The van der Waals surface area contributed by atoms with Gasteiger partial charge in [-0.3, -0.25) is 9.20 Å². The van der Waals surface area contributed by atoms with Gasteiger partial charge in [-0.05, 0) is 25.0 Å². The third-order valence-corrected chi connectivity index (χ3v) is 4.69. The van der Waals surface area contributed by atoms with Crippen LogP contribution in [0.4, 0.5) is 0 Å². The highest BCUT2D eigenvalue weighted by atomic mass is 35.5. The number of hydrogen-bond donors (Lipinski definition) is 0. The van der Waals surface area contributed by atoms with E-state index in [1.54, 1.807) is 10.5 Å². The van der Waals surface area contributed by atoms with Crippen LogP contribution in [0.2, 0.25) is 5.02 Å². The lowest BCUT2D eigenvalue weighted by atomic mass is 10.2. The highest BCUT2D eigenvalue weighted by Gasteiger charge is 2.13. The summed E-state index contributed by atoms with van der Waals surface area (Å²) in [7, 11) is 0. The summed E-state index contributed by atoms with van der Waals surface area (Å²) in [5.74, 6) is 0.733. The minimum absolute atomic E-state index is 0.0158. The normalized spacial score (nSPS) is 11.3. The van der Waals surface area contributed by atoms with E-state index in [2.05, 4.69) is 18.4 Å². The Morgan fingerprint density at radius 1 is 1.08 bits per heavy atom. The van der Waals surface area contributed by atoms with Crippen molar-refractivity contribution in [2.45, 2.75) is 52.5 Å². The van der Waals surface area contributed by atoms with Gasteiger partial charge in [0.2, 0.25) is 5.78 Å². The fraction of sp³-hybridized carbons (Fsp3) is 0.400. The van der Waals surface area contributed by atoms with E-state index < -0.39 is 0 Å². The Hall–Kier alpha value is -2.07. The molecular formula is C20H24ClN3O. The number of fused-ring (bicyclic) bond motifs is 1. The lowest BCUT2D eigenvalue weighted by Crippen LogP contribution is -2.20. The van der Waals surface area contributed by atoms with E-state index in [4.69, 9.17) is 16.6 Å². The molecule has 0 atom stereocenters. The molecule has 2 heterocycles. The molecule has 25 heavy (non-hydrogen) atoms. The van der Waals surface area contributed by atoms with Gasteiger partial charge in [0.25, 0.3) is 5.56 Å². The topological polar surface area (TPSA) is 39.3 Å². The number of halogens is 1. The van der Waals surface area contributed by atoms with Crippen LogP contribution < -0.4 is 5.56 Å². The number of unbranched alkanes of at least 4 members (excludes halogenated alkanes) is 2. The van der Waals surface area contributed by atoms with Crippen molar-refractivity contribution >= 4 is 17.4 Å². The lowest BCUT2D eigenvalue weighted by molar-refractivity contribution is 0.578. The zero-order valence-corrected chi connectivity index (χ0v) is 15.6. The molecule has 0 unspecified atom stereocenters. The molecule has 0 N–H and O–H groups in total. The first-order valence-corrected chi connectivity index (χ1v) is 9.39. The monoisotopic (exact) mass is 357 g/mol. The van der Waals surface area contributed by atoms with E-state index in [0.717, 1.165) is 48.5 Å². The molecule has 0 amide bonds. The van der Waals surface area contributed by atoms with E-state index in [-0.39, 0.29) is 5.56 Å².